The molecule has 0 spiro atoms. The van der Waals surface area contributed by atoms with Gasteiger partial charge in [0.05, 0.1) is 6.54 Å². The molecule has 2 rings (SSSR count). The van der Waals surface area contributed by atoms with E-state index in [0.29, 0.717) is 24.1 Å². The highest BCUT2D eigenvalue weighted by Gasteiger charge is 2.17. The van der Waals surface area contributed by atoms with Crippen LogP contribution in [0.15, 0.2) is 48.5 Å². The number of carbonyl (C=O) groups excluding carboxylic acids is 1. The summed E-state index contributed by atoms with van der Waals surface area (Å²) in [4.78, 5) is 14.0. The fourth-order valence-corrected chi connectivity index (χ4v) is 2.29. The van der Waals surface area contributed by atoms with Gasteiger partial charge >= 0.3 is 0 Å². The van der Waals surface area contributed by atoms with E-state index in [1.807, 2.05) is 7.05 Å². The SMILES string of the molecule is CNCCCC(=O)N(Cc1ccccc1F)c1ccc(F)cc1.Cl. The molecule has 1 amide bonds. The van der Waals surface area contributed by atoms with Gasteiger partial charge in [0, 0.05) is 17.7 Å². The van der Waals surface area contributed by atoms with Gasteiger partial charge in [-0.15, -0.1) is 12.4 Å². The first-order valence-electron chi connectivity index (χ1n) is 7.55. The summed E-state index contributed by atoms with van der Waals surface area (Å²) in [6, 6.07) is 12.0. The van der Waals surface area contributed by atoms with E-state index >= 15 is 0 Å². The highest BCUT2D eigenvalue weighted by molar-refractivity contribution is 5.93. The second kappa shape index (κ2) is 10.0. The van der Waals surface area contributed by atoms with E-state index in [1.54, 1.807) is 18.2 Å². The molecule has 2 aromatic carbocycles. The fourth-order valence-electron chi connectivity index (χ4n) is 2.29. The molecule has 3 nitrogen and oxygen atoms in total. The minimum atomic E-state index is -0.373. The maximum atomic E-state index is 13.9. The summed E-state index contributed by atoms with van der Waals surface area (Å²) in [6.07, 6.45) is 1.02. The van der Waals surface area contributed by atoms with E-state index in [4.69, 9.17) is 0 Å². The van der Waals surface area contributed by atoms with Crippen LogP contribution >= 0.6 is 12.4 Å². The molecule has 0 aliphatic heterocycles. The zero-order valence-electron chi connectivity index (χ0n) is 13.5. The van der Waals surface area contributed by atoms with E-state index < -0.39 is 0 Å². The molecule has 2 aromatic rings. The second-order valence-electron chi connectivity index (χ2n) is 5.25. The Morgan fingerprint density at radius 2 is 1.75 bits per heavy atom. The van der Waals surface area contributed by atoms with Crippen LogP contribution in [0, 0.1) is 11.6 Å². The van der Waals surface area contributed by atoms with Gasteiger partial charge in [-0.25, -0.2) is 8.78 Å². The molecule has 0 fully saturated rings. The van der Waals surface area contributed by atoms with Crippen LogP contribution in [0.3, 0.4) is 0 Å². The van der Waals surface area contributed by atoms with Crippen molar-refractivity contribution in [2.24, 2.45) is 0 Å². The van der Waals surface area contributed by atoms with Crippen LogP contribution in [-0.2, 0) is 11.3 Å². The van der Waals surface area contributed by atoms with Crippen molar-refractivity contribution in [3.05, 3.63) is 65.7 Å². The van der Waals surface area contributed by atoms with Crippen LogP contribution in [0.4, 0.5) is 14.5 Å². The predicted octanol–water partition coefficient (Wildman–Crippen LogP) is 3.92. The van der Waals surface area contributed by atoms with Gasteiger partial charge in [0.15, 0.2) is 0 Å². The third kappa shape index (κ3) is 5.58. The molecule has 0 saturated carbocycles. The van der Waals surface area contributed by atoms with Crippen molar-refractivity contribution < 1.29 is 13.6 Å². The Hall–Kier alpha value is -1.98. The number of hydrogen-bond acceptors (Lipinski definition) is 2. The number of benzene rings is 2. The van der Waals surface area contributed by atoms with Crippen molar-refractivity contribution in [1.29, 1.82) is 0 Å². The summed E-state index contributed by atoms with van der Waals surface area (Å²) in [6.45, 7) is 0.847. The Bertz CT molecular complexity index is 650. The summed E-state index contributed by atoms with van der Waals surface area (Å²) in [5.74, 6) is -0.847. The first kappa shape index (κ1) is 20.1. The Morgan fingerprint density at radius 3 is 2.38 bits per heavy atom. The molecule has 0 atom stereocenters. The van der Waals surface area contributed by atoms with Crippen molar-refractivity contribution in [2.75, 3.05) is 18.5 Å². The highest BCUT2D eigenvalue weighted by atomic mass is 35.5. The summed E-state index contributed by atoms with van der Waals surface area (Å²) in [7, 11) is 1.82. The molecule has 1 N–H and O–H groups in total. The lowest BCUT2D eigenvalue weighted by Gasteiger charge is -2.23. The molecular weight excluding hydrogens is 334 g/mol. The maximum Gasteiger partial charge on any atom is 0.227 e. The standard InChI is InChI=1S/C18H20F2N2O.ClH/c1-21-12-4-7-18(23)22(16-10-8-15(19)9-11-16)13-14-5-2-3-6-17(14)20;/h2-3,5-6,8-11,21H,4,7,12-13H2,1H3;1H. The van der Waals surface area contributed by atoms with Gasteiger partial charge in [-0.1, -0.05) is 18.2 Å². The average molecular weight is 355 g/mol. The zero-order chi connectivity index (χ0) is 16.7. The predicted molar refractivity (Wildman–Crippen MR) is 94.4 cm³/mol. The number of nitrogens with one attached hydrogen (secondary N) is 1. The number of halogens is 3. The smallest absolute Gasteiger partial charge is 0.227 e. The molecule has 0 aromatic heterocycles. The third-order valence-electron chi connectivity index (χ3n) is 3.54. The normalized spacial score (nSPS) is 10.1. The molecule has 0 unspecified atom stereocenters. The average Bonchev–Trinajstić information content (AvgIpc) is 2.55. The summed E-state index contributed by atoms with van der Waals surface area (Å²) in [5, 5.41) is 2.99. The number of rotatable bonds is 7. The number of amides is 1. The van der Waals surface area contributed by atoms with Gasteiger partial charge in [-0.05, 0) is 50.3 Å². The maximum absolute atomic E-state index is 13.9. The molecule has 0 saturated heterocycles. The molecule has 0 radical (unpaired) electrons. The highest BCUT2D eigenvalue weighted by Crippen LogP contribution is 2.20. The lowest BCUT2D eigenvalue weighted by Crippen LogP contribution is -2.31. The zero-order valence-corrected chi connectivity index (χ0v) is 14.3. The summed E-state index contributed by atoms with van der Waals surface area (Å²) in [5.41, 5.74) is 0.989. The largest absolute Gasteiger partial charge is 0.320 e. The molecule has 24 heavy (non-hydrogen) atoms. The van der Waals surface area contributed by atoms with Crippen molar-refractivity contribution in [2.45, 2.75) is 19.4 Å². The van der Waals surface area contributed by atoms with Gasteiger partial charge in [0.1, 0.15) is 11.6 Å². The van der Waals surface area contributed by atoms with Gasteiger partial charge in [-0.2, -0.15) is 0 Å². The van der Waals surface area contributed by atoms with E-state index in [-0.39, 0.29) is 36.5 Å². The minimum Gasteiger partial charge on any atom is -0.320 e. The van der Waals surface area contributed by atoms with Gasteiger partial charge < -0.3 is 10.2 Å². The Kier molecular flexibility index (Phi) is 8.36. The molecule has 130 valence electrons. The molecule has 6 heteroatoms. The number of hydrogen-bond donors (Lipinski definition) is 1. The quantitative estimate of drug-likeness (QED) is 0.764. The minimum absolute atomic E-state index is 0. The summed E-state index contributed by atoms with van der Waals surface area (Å²) >= 11 is 0. The molecule has 0 bridgehead atoms. The fraction of sp³-hybridized carbons (Fsp3) is 0.278. The second-order valence-corrected chi connectivity index (χ2v) is 5.25. The monoisotopic (exact) mass is 354 g/mol. The van der Waals surface area contributed by atoms with E-state index in [1.165, 1.54) is 35.2 Å². The van der Waals surface area contributed by atoms with Crippen molar-refractivity contribution in [3.8, 4) is 0 Å². The lowest BCUT2D eigenvalue weighted by molar-refractivity contribution is -0.118. The Balaban J connectivity index is 0.00000288. The lowest BCUT2D eigenvalue weighted by atomic mass is 10.1. The molecule has 0 aliphatic rings. The van der Waals surface area contributed by atoms with E-state index in [2.05, 4.69) is 5.32 Å². The first-order chi connectivity index (χ1) is 11.1. The van der Waals surface area contributed by atoms with Crippen LogP contribution in [0.5, 0.6) is 0 Å². The molecule has 0 aliphatic carbocycles. The van der Waals surface area contributed by atoms with Gasteiger partial charge in [-0.3, -0.25) is 4.79 Å². The summed E-state index contributed by atoms with van der Waals surface area (Å²) < 4.78 is 27.0. The Morgan fingerprint density at radius 1 is 1.08 bits per heavy atom. The number of anilines is 1. The van der Waals surface area contributed by atoms with Crippen molar-refractivity contribution >= 4 is 24.0 Å². The topological polar surface area (TPSA) is 32.3 Å². The van der Waals surface area contributed by atoms with Crippen molar-refractivity contribution in [3.63, 3.8) is 0 Å². The number of carbonyl (C=O) groups is 1. The van der Waals surface area contributed by atoms with Crippen LogP contribution in [0.2, 0.25) is 0 Å². The Labute approximate surface area is 147 Å². The number of nitrogens with zero attached hydrogens (tertiary/aromatic N) is 1. The van der Waals surface area contributed by atoms with Crippen LogP contribution < -0.4 is 10.2 Å². The van der Waals surface area contributed by atoms with E-state index in [0.717, 1.165) is 6.54 Å². The van der Waals surface area contributed by atoms with Crippen molar-refractivity contribution in [1.82, 2.24) is 5.32 Å². The third-order valence-corrected chi connectivity index (χ3v) is 3.54. The van der Waals surface area contributed by atoms with Crippen LogP contribution in [0.25, 0.3) is 0 Å². The van der Waals surface area contributed by atoms with Gasteiger partial charge in [0.25, 0.3) is 0 Å². The van der Waals surface area contributed by atoms with Gasteiger partial charge in [0.2, 0.25) is 5.91 Å². The van der Waals surface area contributed by atoms with E-state index in [9.17, 15) is 13.6 Å². The first-order valence-corrected chi connectivity index (χ1v) is 7.55. The van der Waals surface area contributed by atoms with Crippen LogP contribution in [0.1, 0.15) is 18.4 Å². The van der Waals surface area contributed by atoms with Crippen LogP contribution in [-0.4, -0.2) is 19.5 Å². The molecule has 0 heterocycles. The molecular formula is C18H21ClF2N2O.